The molecule has 5 aromatic rings. The molecule has 1 aliphatic heterocycles. The Morgan fingerprint density at radius 1 is 0.810 bits per heavy atom. The Labute approximate surface area is 341 Å². The Morgan fingerprint density at radius 2 is 1.53 bits per heavy atom. The first-order valence-corrected chi connectivity index (χ1v) is 21.4. The number of likely N-dealkylation sites (tertiary alicyclic amines) is 1. The normalized spacial score (nSPS) is 13.5. The van der Waals surface area contributed by atoms with E-state index in [2.05, 4.69) is 25.2 Å². The Morgan fingerprint density at radius 3 is 2.24 bits per heavy atom. The number of hydrogen-bond acceptors (Lipinski definition) is 9. The molecule has 2 amide bonds. The fourth-order valence-corrected chi connectivity index (χ4v) is 7.76. The van der Waals surface area contributed by atoms with Gasteiger partial charge in [-0.15, -0.1) is 0 Å². The highest BCUT2D eigenvalue weighted by Gasteiger charge is 2.23. The van der Waals surface area contributed by atoms with Crippen LogP contribution in [0.1, 0.15) is 80.1 Å². The maximum Gasteiger partial charge on any atom is 0.323 e. The van der Waals surface area contributed by atoms with Crippen LogP contribution in [0.5, 0.6) is 23.0 Å². The third-order valence-corrected chi connectivity index (χ3v) is 10.7. The molecule has 0 radical (unpaired) electrons. The van der Waals surface area contributed by atoms with Crippen molar-refractivity contribution >= 4 is 49.7 Å². The third-order valence-electron chi connectivity index (χ3n) is 10.1. The van der Waals surface area contributed by atoms with E-state index in [1.165, 1.54) is 26.4 Å². The number of fused-ring (bicyclic) bond motifs is 1. The number of methoxy groups -OCH3 is 2. The summed E-state index contributed by atoms with van der Waals surface area (Å²) < 4.78 is 44.5. The van der Waals surface area contributed by atoms with Crippen molar-refractivity contribution in [3.8, 4) is 23.0 Å². The van der Waals surface area contributed by atoms with Gasteiger partial charge in [0.1, 0.15) is 17.2 Å². The molecule has 1 aromatic heterocycles. The number of urea groups is 1. The van der Waals surface area contributed by atoms with Gasteiger partial charge in [0.2, 0.25) is 10.0 Å². The summed E-state index contributed by atoms with van der Waals surface area (Å²) in [7, 11) is -0.631. The minimum Gasteiger partial charge on any atom is -0.496 e. The number of anilines is 3. The predicted molar refractivity (Wildman–Crippen MR) is 231 cm³/mol. The van der Waals surface area contributed by atoms with E-state index in [-0.39, 0.29) is 22.6 Å². The van der Waals surface area contributed by atoms with Gasteiger partial charge in [-0.3, -0.25) is 14.5 Å². The van der Waals surface area contributed by atoms with Gasteiger partial charge in [0.15, 0.2) is 11.5 Å². The van der Waals surface area contributed by atoms with Crippen LogP contribution in [0.2, 0.25) is 0 Å². The van der Waals surface area contributed by atoms with E-state index in [0.29, 0.717) is 47.0 Å². The van der Waals surface area contributed by atoms with E-state index in [4.69, 9.17) is 14.2 Å². The average molecular weight is 808 g/mol. The highest BCUT2D eigenvalue weighted by molar-refractivity contribution is 7.92. The smallest absolute Gasteiger partial charge is 0.323 e. The molecule has 0 aliphatic carbocycles. The van der Waals surface area contributed by atoms with Crippen molar-refractivity contribution in [2.45, 2.75) is 64.7 Å². The molecule has 1 fully saturated rings. The first kappa shape index (κ1) is 42.0. The van der Waals surface area contributed by atoms with Gasteiger partial charge in [-0.05, 0) is 97.9 Å². The lowest BCUT2D eigenvalue weighted by Crippen LogP contribution is -2.30. The summed E-state index contributed by atoms with van der Waals surface area (Å²) in [5.41, 5.74) is 3.82. The number of carbonyl (C=O) groups excluding carboxylic acids is 2. The summed E-state index contributed by atoms with van der Waals surface area (Å²) in [6.07, 6.45) is 8.36. The van der Waals surface area contributed by atoms with Crippen LogP contribution in [-0.4, -0.2) is 70.2 Å². The lowest BCUT2D eigenvalue weighted by molar-refractivity contribution is 0.0970. The molecule has 58 heavy (non-hydrogen) atoms. The number of sulfonamides is 1. The molecule has 13 heteroatoms. The Bertz CT molecular complexity index is 2390. The van der Waals surface area contributed by atoms with Crippen LogP contribution >= 0.6 is 0 Å². The maximum atomic E-state index is 13.5. The molecule has 2 heterocycles. The lowest BCUT2D eigenvalue weighted by atomic mass is 9.86. The van der Waals surface area contributed by atoms with Crippen LogP contribution in [0.25, 0.3) is 10.8 Å². The van der Waals surface area contributed by atoms with E-state index < -0.39 is 16.1 Å². The van der Waals surface area contributed by atoms with E-state index >= 15 is 0 Å². The topological polar surface area (TPSA) is 148 Å². The number of benzene rings is 4. The second kappa shape index (κ2) is 18.3. The number of ketones is 1. The number of nitrogens with one attached hydrogen (secondary N) is 3. The molecule has 0 unspecified atom stereocenters. The summed E-state index contributed by atoms with van der Waals surface area (Å²) in [6.45, 7) is 9.16. The molecule has 3 N–H and O–H groups in total. The van der Waals surface area contributed by atoms with Gasteiger partial charge in [0, 0.05) is 41.6 Å². The minimum absolute atomic E-state index is 0.0900. The highest BCUT2D eigenvalue weighted by atomic mass is 32.2. The van der Waals surface area contributed by atoms with Crippen LogP contribution in [-0.2, 0) is 21.9 Å². The van der Waals surface area contributed by atoms with E-state index in [1.54, 1.807) is 43.6 Å². The molecule has 12 nitrogen and oxygen atoms in total. The number of carbonyl (C=O) groups is 2. The Hall–Kier alpha value is -5.66. The number of pyridine rings is 1. The summed E-state index contributed by atoms with van der Waals surface area (Å²) in [4.78, 5) is 33.7. The quantitative estimate of drug-likeness (QED) is 0.0880. The molecular weight excluding hydrogens is 755 g/mol. The SMILES string of the molecule is COc1cc(Cc2cc(Oc3ccc(NC(=O)Nc4cc(C(C)(C)C)cc(NS(C)(=O)=O)c4OC)c4ccccc34)ccn2)ccc1C(=O)CCCN1CCCCC1. The fraction of sp³-hybridized carbons (Fsp3) is 0.356. The Balaban J connectivity index is 1.15. The molecule has 1 aliphatic rings. The fourth-order valence-electron chi connectivity index (χ4n) is 7.20. The molecule has 0 atom stereocenters. The number of rotatable bonds is 15. The van der Waals surface area contributed by atoms with Crippen LogP contribution < -0.4 is 29.6 Å². The first-order valence-electron chi connectivity index (χ1n) is 19.6. The second-order valence-corrected chi connectivity index (χ2v) is 17.4. The van der Waals surface area contributed by atoms with Gasteiger partial charge in [-0.1, -0.05) is 57.5 Å². The highest BCUT2D eigenvalue weighted by Crippen LogP contribution is 2.40. The van der Waals surface area contributed by atoms with Crippen molar-refractivity contribution in [3.63, 3.8) is 0 Å². The number of amides is 2. The molecule has 0 bridgehead atoms. The largest absolute Gasteiger partial charge is 0.496 e. The van der Waals surface area contributed by atoms with Crippen molar-refractivity contribution in [1.29, 1.82) is 0 Å². The van der Waals surface area contributed by atoms with Crippen molar-refractivity contribution in [1.82, 2.24) is 9.88 Å². The summed E-state index contributed by atoms with van der Waals surface area (Å²) in [5, 5.41) is 7.31. The molecule has 6 rings (SSSR count). The first-order chi connectivity index (χ1) is 27.7. The van der Waals surface area contributed by atoms with Gasteiger partial charge in [-0.2, -0.15) is 0 Å². The molecule has 306 valence electrons. The van der Waals surface area contributed by atoms with Crippen molar-refractivity contribution in [3.05, 3.63) is 107 Å². The van der Waals surface area contributed by atoms with Crippen LogP contribution in [0.4, 0.5) is 21.9 Å². The molecule has 4 aromatic carbocycles. The Kier molecular flexibility index (Phi) is 13.2. The van der Waals surface area contributed by atoms with Crippen LogP contribution in [0, 0.1) is 0 Å². The second-order valence-electron chi connectivity index (χ2n) is 15.7. The summed E-state index contributed by atoms with van der Waals surface area (Å²) in [5.74, 6) is 2.00. The van der Waals surface area contributed by atoms with Crippen molar-refractivity contribution < 1.29 is 32.2 Å². The molecule has 0 saturated carbocycles. The molecular formula is C45H53N5O7S. The van der Waals surface area contributed by atoms with E-state index in [1.807, 2.05) is 69.3 Å². The zero-order valence-corrected chi connectivity index (χ0v) is 34.9. The number of nitrogens with zero attached hydrogens (tertiary/aromatic N) is 2. The van der Waals surface area contributed by atoms with Crippen LogP contribution in [0.15, 0.2) is 85.1 Å². The number of aromatic nitrogens is 1. The third kappa shape index (κ3) is 10.8. The molecule has 1 saturated heterocycles. The monoisotopic (exact) mass is 807 g/mol. The van der Waals surface area contributed by atoms with Gasteiger partial charge < -0.3 is 29.7 Å². The number of ether oxygens (including phenoxy) is 3. The van der Waals surface area contributed by atoms with Crippen molar-refractivity contribution in [2.75, 3.05) is 55.5 Å². The lowest BCUT2D eigenvalue weighted by Gasteiger charge is -2.26. The zero-order valence-electron chi connectivity index (χ0n) is 34.1. The zero-order chi connectivity index (χ0) is 41.5. The van der Waals surface area contributed by atoms with Crippen molar-refractivity contribution in [2.24, 2.45) is 0 Å². The maximum absolute atomic E-state index is 13.5. The van der Waals surface area contributed by atoms with E-state index in [0.717, 1.165) is 59.9 Å². The van der Waals surface area contributed by atoms with Gasteiger partial charge in [0.05, 0.1) is 43.1 Å². The van der Waals surface area contributed by atoms with Gasteiger partial charge in [0.25, 0.3) is 0 Å². The van der Waals surface area contributed by atoms with E-state index in [9.17, 15) is 18.0 Å². The predicted octanol–water partition coefficient (Wildman–Crippen LogP) is 9.40. The summed E-state index contributed by atoms with van der Waals surface area (Å²) in [6, 6.07) is 23.4. The molecule has 0 spiro atoms. The number of hydrogen-bond donors (Lipinski definition) is 3. The van der Waals surface area contributed by atoms with Gasteiger partial charge >= 0.3 is 6.03 Å². The average Bonchev–Trinajstić information content (AvgIpc) is 3.18. The minimum atomic E-state index is -3.64. The summed E-state index contributed by atoms with van der Waals surface area (Å²) >= 11 is 0. The number of piperidine rings is 1. The van der Waals surface area contributed by atoms with Gasteiger partial charge in [-0.25, -0.2) is 13.2 Å². The number of Topliss-reactive ketones (excluding diaryl/α,β-unsaturated/α-hetero) is 1. The van der Waals surface area contributed by atoms with Crippen LogP contribution in [0.3, 0.4) is 0 Å². The standard InChI is InChI=1S/C45H53N5O7S/c1-45(2,3)31-27-38(43(56-5)39(28-31)49-58(6,53)54)48-44(52)47-37-18-19-41(35-14-9-8-13-34(35)37)57-33-20-21-46-32(29-33)25-30-16-17-36(42(26-30)55-4)40(51)15-12-24-50-22-10-7-11-23-50/h8-9,13-14,16-21,26-29,49H,7,10-12,15,22-25H2,1-6H3,(H2,47,48,52).